The smallest absolute Gasteiger partial charge is 0.303 e. The molecule has 4 nitrogen and oxygen atoms in total. The second-order valence-corrected chi connectivity index (χ2v) is 2.02. The summed E-state index contributed by atoms with van der Waals surface area (Å²) in [4.78, 5) is 9.86. The first-order valence-corrected chi connectivity index (χ1v) is 2.88. The van der Waals surface area contributed by atoms with Crippen LogP contribution in [0.4, 0.5) is 5.82 Å². The van der Waals surface area contributed by atoms with Crippen LogP contribution in [0, 0.1) is 6.92 Å². The number of nitrogens with one attached hydrogen (secondary N) is 1. The molecule has 1 aromatic rings. The lowest BCUT2D eigenvalue weighted by Crippen LogP contribution is -2.00. The van der Waals surface area contributed by atoms with Crippen molar-refractivity contribution in [2.75, 3.05) is 5.32 Å². The minimum Gasteiger partial charge on any atom is -0.303 e. The highest BCUT2D eigenvalue weighted by Gasteiger charge is 1.98. The summed E-state index contributed by atoms with van der Waals surface area (Å²) >= 11 is 0. The van der Waals surface area contributed by atoms with Crippen LogP contribution in [0.1, 0.15) is 5.69 Å². The summed E-state index contributed by atoms with van der Waals surface area (Å²) in [5, 5.41) is 6.40. The van der Waals surface area contributed by atoms with Crippen molar-refractivity contribution in [3.63, 3.8) is 0 Å². The summed E-state index contributed by atoms with van der Waals surface area (Å²) in [6, 6.07) is 1.77. The molecule has 0 aliphatic carbocycles. The summed E-state index contributed by atoms with van der Waals surface area (Å²) in [6.07, 6.45) is 1.58. The number of anilines is 1. The lowest BCUT2D eigenvalue weighted by Gasteiger charge is -1.94. The standard InChI is InChI=1S/C6H8N3O/c1-5-3-6(7-4-10)9(2)8-5/h3H,1-2H3,(H,7,10). The Balaban J connectivity index is 2.91. The molecule has 53 valence electrons. The van der Waals surface area contributed by atoms with Gasteiger partial charge in [0.2, 0.25) is 0 Å². The van der Waals surface area contributed by atoms with E-state index < -0.39 is 0 Å². The van der Waals surface area contributed by atoms with E-state index in [2.05, 4.69) is 10.4 Å². The molecule has 10 heavy (non-hydrogen) atoms. The Hall–Kier alpha value is -1.32. The average Bonchev–Trinajstić information content (AvgIpc) is 2.13. The van der Waals surface area contributed by atoms with Crippen molar-refractivity contribution in [3.05, 3.63) is 11.8 Å². The first-order chi connectivity index (χ1) is 4.74. The van der Waals surface area contributed by atoms with E-state index in [1.807, 2.05) is 6.92 Å². The molecular weight excluding hydrogens is 130 g/mol. The van der Waals surface area contributed by atoms with Crippen molar-refractivity contribution in [3.8, 4) is 0 Å². The highest BCUT2D eigenvalue weighted by atomic mass is 16.1. The topological polar surface area (TPSA) is 46.9 Å². The SMILES string of the molecule is Cc1cc(N[C]=O)n(C)n1. The fourth-order valence-corrected chi connectivity index (χ4v) is 0.780. The molecule has 0 aromatic carbocycles. The van der Waals surface area contributed by atoms with Crippen LogP contribution in [0.2, 0.25) is 0 Å². The maximum absolute atomic E-state index is 9.86. The normalized spacial score (nSPS) is 9.40. The van der Waals surface area contributed by atoms with Crippen LogP contribution in [0.5, 0.6) is 0 Å². The van der Waals surface area contributed by atoms with Gasteiger partial charge in [0.25, 0.3) is 0 Å². The lowest BCUT2D eigenvalue weighted by atomic mass is 10.5. The Morgan fingerprint density at radius 3 is 2.90 bits per heavy atom. The minimum absolute atomic E-state index is 0.660. The van der Waals surface area contributed by atoms with Crippen molar-refractivity contribution in [2.24, 2.45) is 7.05 Å². The van der Waals surface area contributed by atoms with Crippen molar-refractivity contribution in [2.45, 2.75) is 6.92 Å². The molecule has 0 saturated heterocycles. The molecule has 1 radical (unpaired) electrons. The number of amides is 1. The van der Waals surface area contributed by atoms with Gasteiger partial charge in [0.15, 0.2) is 0 Å². The van der Waals surface area contributed by atoms with Gasteiger partial charge >= 0.3 is 6.41 Å². The summed E-state index contributed by atoms with van der Waals surface area (Å²) in [7, 11) is 1.76. The number of nitrogens with zero attached hydrogens (tertiary/aromatic N) is 2. The highest BCUT2D eigenvalue weighted by molar-refractivity contribution is 5.69. The Morgan fingerprint density at radius 1 is 1.80 bits per heavy atom. The first kappa shape index (κ1) is 6.80. The number of aromatic nitrogens is 2. The zero-order chi connectivity index (χ0) is 7.56. The van der Waals surface area contributed by atoms with E-state index in [0.29, 0.717) is 5.82 Å². The van der Waals surface area contributed by atoms with E-state index in [1.54, 1.807) is 24.2 Å². The molecule has 0 bridgehead atoms. The third kappa shape index (κ3) is 1.15. The van der Waals surface area contributed by atoms with Crippen molar-refractivity contribution >= 4 is 12.2 Å². The second-order valence-electron chi connectivity index (χ2n) is 2.02. The van der Waals surface area contributed by atoms with E-state index in [0.717, 1.165) is 5.69 Å². The van der Waals surface area contributed by atoms with Gasteiger partial charge in [0.05, 0.1) is 5.69 Å². The maximum Gasteiger partial charge on any atom is 0.315 e. The Morgan fingerprint density at radius 2 is 2.50 bits per heavy atom. The molecule has 0 aliphatic heterocycles. The van der Waals surface area contributed by atoms with Crippen molar-refractivity contribution < 1.29 is 4.79 Å². The van der Waals surface area contributed by atoms with Crippen LogP contribution in [-0.4, -0.2) is 16.2 Å². The van der Waals surface area contributed by atoms with Gasteiger partial charge < -0.3 is 5.32 Å². The van der Waals surface area contributed by atoms with Gasteiger partial charge in [-0.2, -0.15) is 5.10 Å². The van der Waals surface area contributed by atoms with Crippen molar-refractivity contribution in [1.82, 2.24) is 9.78 Å². The zero-order valence-corrected chi connectivity index (χ0v) is 5.88. The highest BCUT2D eigenvalue weighted by Crippen LogP contribution is 2.05. The molecule has 0 aliphatic rings. The number of hydrogen-bond donors (Lipinski definition) is 1. The molecule has 0 fully saturated rings. The number of rotatable bonds is 2. The summed E-state index contributed by atoms with van der Waals surface area (Å²) in [5.41, 5.74) is 0.875. The van der Waals surface area contributed by atoms with E-state index in [-0.39, 0.29) is 0 Å². The fourth-order valence-electron chi connectivity index (χ4n) is 0.780. The summed E-state index contributed by atoms with van der Waals surface area (Å²) in [6.45, 7) is 1.86. The van der Waals surface area contributed by atoms with E-state index in [1.165, 1.54) is 0 Å². The van der Waals surface area contributed by atoms with Crippen LogP contribution in [0.3, 0.4) is 0 Å². The van der Waals surface area contributed by atoms with Gasteiger partial charge in [0, 0.05) is 13.1 Å². The molecule has 0 saturated carbocycles. The van der Waals surface area contributed by atoms with Gasteiger partial charge in [-0.25, -0.2) is 0 Å². The minimum atomic E-state index is 0.660. The summed E-state index contributed by atoms with van der Waals surface area (Å²) in [5.74, 6) is 0.660. The third-order valence-electron chi connectivity index (χ3n) is 1.18. The second kappa shape index (κ2) is 2.51. The number of carbonyl (C=O) groups excluding carboxylic acids is 1. The van der Waals surface area contributed by atoms with Crippen molar-refractivity contribution in [1.29, 1.82) is 0 Å². The molecule has 1 heterocycles. The Bertz CT molecular complexity index is 241. The predicted octanol–water partition coefficient (Wildman–Crippen LogP) is 0.208. The van der Waals surface area contributed by atoms with Crippen LogP contribution >= 0.6 is 0 Å². The third-order valence-corrected chi connectivity index (χ3v) is 1.18. The fraction of sp³-hybridized carbons (Fsp3) is 0.333. The molecule has 0 spiro atoms. The summed E-state index contributed by atoms with van der Waals surface area (Å²) < 4.78 is 1.58. The molecule has 0 unspecified atom stereocenters. The van der Waals surface area contributed by atoms with Crippen LogP contribution in [0.25, 0.3) is 0 Å². The quantitative estimate of drug-likeness (QED) is 0.594. The largest absolute Gasteiger partial charge is 0.315 e. The first-order valence-electron chi connectivity index (χ1n) is 2.88. The monoisotopic (exact) mass is 138 g/mol. The zero-order valence-electron chi connectivity index (χ0n) is 5.88. The van der Waals surface area contributed by atoms with Crippen LogP contribution < -0.4 is 5.32 Å². The van der Waals surface area contributed by atoms with Gasteiger partial charge in [-0.1, -0.05) is 0 Å². The van der Waals surface area contributed by atoms with E-state index in [4.69, 9.17) is 0 Å². The maximum atomic E-state index is 9.86. The van der Waals surface area contributed by atoms with Gasteiger partial charge in [0.1, 0.15) is 5.82 Å². The molecule has 1 amide bonds. The van der Waals surface area contributed by atoms with Crippen LogP contribution in [-0.2, 0) is 11.8 Å². The molecular formula is C6H8N3O. The number of aryl methyl sites for hydroxylation is 2. The van der Waals surface area contributed by atoms with E-state index in [9.17, 15) is 4.79 Å². The van der Waals surface area contributed by atoms with E-state index >= 15 is 0 Å². The van der Waals surface area contributed by atoms with Crippen LogP contribution in [0.15, 0.2) is 6.07 Å². The van der Waals surface area contributed by atoms with Gasteiger partial charge in [-0.3, -0.25) is 9.48 Å². The molecule has 1 N–H and O–H groups in total. The lowest BCUT2D eigenvalue weighted by molar-refractivity contribution is 0.560. The molecule has 1 rings (SSSR count). The molecule has 4 heteroatoms. The van der Waals surface area contributed by atoms with Gasteiger partial charge in [-0.05, 0) is 6.92 Å². The Labute approximate surface area is 58.8 Å². The average molecular weight is 138 g/mol. The van der Waals surface area contributed by atoms with Gasteiger partial charge in [-0.15, -0.1) is 0 Å². The molecule has 0 atom stereocenters. The Kier molecular flexibility index (Phi) is 1.71. The molecule has 1 aromatic heterocycles. The number of hydrogen-bond acceptors (Lipinski definition) is 2. The predicted molar refractivity (Wildman–Crippen MR) is 37.3 cm³/mol.